The van der Waals surface area contributed by atoms with Crippen molar-refractivity contribution in [1.29, 1.82) is 0 Å². The number of hydrogen-bond acceptors (Lipinski definition) is 6. The summed E-state index contributed by atoms with van der Waals surface area (Å²) in [5.41, 5.74) is 1.99. The number of benzene rings is 2. The second-order valence-electron chi connectivity index (χ2n) is 6.61. The average molecular weight is 431 g/mol. The maximum atomic E-state index is 13.1. The number of sulfonamides is 1. The standard InChI is InChI=1S/C21H22N2O4S2/c1-3-27-17-8-10-18(11-9-17)29(24,25)23-13-12-19-20(14-23)28-21(22-19)15-4-6-16(26-2)7-5-15/h4-11H,3,12-14H2,1-2H3. The molecule has 0 saturated heterocycles. The van der Waals surface area contributed by atoms with Crippen molar-refractivity contribution < 1.29 is 17.9 Å². The summed E-state index contributed by atoms with van der Waals surface area (Å²) in [6.07, 6.45) is 0.609. The molecule has 0 fully saturated rings. The number of thiazole rings is 1. The largest absolute Gasteiger partial charge is 0.497 e. The van der Waals surface area contributed by atoms with E-state index in [0.29, 0.717) is 31.9 Å². The Morgan fingerprint density at radius 3 is 2.41 bits per heavy atom. The van der Waals surface area contributed by atoms with Crippen LogP contribution in [0.15, 0.2) is 53.4 Å². The first-order valence-corrected chi connectivity index (χ1v) is 11.6. The van der Waals surface area contributed by atoms with E-state index < -0.39 is 10.0 Å². The van der Waals surface area contributed by atoms with E-state index in [2.05, 4.69) is 0 Å². The van der Waals surface area contributed by atoms with E-state index in [1.807, 2.05) is 31.2 Å². The minimum atomic E-state index is -3.56. The van der Waals surface area contributed by atoms with Crippen molar-refractivity contribution in [3.8, 4) is 22.1 Å². The molecule has 0 saturated carbocycles. The highest BCUT2D eigenvalue weighted by atomic mass is 32.2. The molecule has 4 rings (SSSR count). The van der Waals surface area contributed by atoms with E-state index in [-0.39, 0.29) is 4.90 Å². The molecule has 0 N–H and O–H groups in total. The van der Waals surface area contributed by atoms with Gasteiger partial charge in [0.1, 0.15) is 16.5 Å². The maximum Gasteiger partial charge on any atom is 0.243 e. The lowest BCUT2D eigenvalue weighted by atomic mass is 10.2. The molecule has 0 bridgehead atoms. The third kappa shape index (κ3) is 4.01. The zero-order valence-corrected chi connectivity index (χ0v) is 17.9. The van der Waals surface area contributed by atoms with Crippen molar-refractivity contribution in [2.75, 3.05) is 20.3 Å². The maximum absolute atomic E-state index is 13.1. The van der Waals surface area contributed by atoms with Crippen LogP contribution in [0, 0.1) is 0 Å². The van der Waals surface area contributed by atoms with Crippen LogP contribution in [0.4, 0.5) is 0 Å². The van der Waals surface area contributed by atoms with Gasteiger partial charge in [-0.2, -0.15) is 4.31 Å². The Kier molecular flexibility index (Phi) is 5.58. The first kappa shape index (κ1) is 19.9. The highest BCUT2D eigenvalue weighted by molar-refractivity contribution is 7.89. The van der Waals surface area contributed by atoms with E-state index in [1.54, 1.807) is 42.7 Å². The predicted octanol–water partition coefficient (Wildman–Crippen LogP) is 3.96. The molecule has 1 aliphatic rings. The van der Waals surface area contributed by atoms with Crippen LogP contribution >= 0.6 is 11.3 Å². The molecule has 6 nitrogen and oxygen atoms in total. The summed E-state index contributed by atoms with van der Waals surface area (Å²) in [7, 11) is -1.93. The summed E-state index contributed by atoms with van der Waals surface area (Å²) in [4.78, 5) is 6.02. The number of methoxy groups -OCH3 is 1. The zero-order valence-electron chi connectivity index (χ0n) is 16.3. The lowest BCUT2D eigenvalue weighted by molar-refractivity contribution is 0.340. The number of hydrogen-bond donors (Lipinski definition) is 0. The number of aromatic nitrogens is 1. The van der Waals surface area contributed by atoms with Gasteiger partial charge in [0, 0.05) is 23.4 Å². The van der Waals surface area contributed by atoms with Crippen LogP contribution in [0.3, 0.4) is 0 Å². The molecule has 0 spiro atoms. The van der Waals surface area contributed by atoms with Crippen LogP contribution in [0.1, 0.15) is 17.5 Å². The van der Waals surface area contributed by atoms with Gasteiger partial charge in [-0.05, 0) is 55.5 Å². The summed E-state index contributed by atoms with van der Waals surface area (Å²) in [5.74, 6) is 1.46. The van der Waals surface area contributed by atoms with Gasteiger partial charge in [-0.3, -0.25) is 0 Å². The van der Waals surface area contributed by atoms with Gasteiger partial charge in [0.15, 0.2) is 0 Å². The summed E-state index contributed by atoms with van der Waals surface area (Å²) in [6.45, 7) is 3.21. The van der Waals surface area contributed by atoms with Crippen LogP contribution in [0.25, 0.3) is 10.6 Å². The van der Waals surface area contributed by atoms with Crippen molar-refractivity contribution in [2.45, 2.75) is 24.8 Å². The molecule has 1 aliphatic heterocycles. The van der Waals surface area contributed by atoms with Gasteiger partial charge in [0.05, 0.1) is 30.9 Å². The quantitative estimate of drug-likeness (QED) is 0.592. The van der Waals surface area contributed by atoms with Gasteiger partial charge in [0.25, 0.3) is 0 Å². The summed E-state index contributed by atoms with van der Waals surface area (Å²) < 4.78 is 38.3. The van der Waals surface area contributed by atoms with E-state index in [4.69, 9.17) is 14.5 Å². The molecule has 2 aromatic carbocycles. The van der Waals surface area contributed by atoms with E-state index in [1.165, 1.54) is 4.31 Å². The smallest absolute Gasteiger partial charge is 0.243 e. The Morgan fingerprint density at radius 1 is 1.07 bits per heavy atom. The molecule has 0 aliphatic carbocycles. The van der Waals surface area contributed by atoms with Gasteiger partial charge in [-0.25, -0.2) is 13.4 Å². The normalized spacial score (nSPS) is 14.4. The number of nitrogens with zero attached hydrogens (tertiary/aromatic N) is 2. The second kappa shape index (κ2) is 8.14. The summed E-state index contributed by atoms with van der Waals surface area (Å²) in [5, 5.41) is 0.901. The lowest BCUT2D eigenvalue weighted by Crippen LogP contribution is -2.35. The molecule has 0 atom stereocenters. The Bertz CT molecular complexity index is 1090. The van der Waals surface area contributed by atoms with Gasteiger partial charge in [-0.1, -0.05) is 0 Å². The number of rotatable bonds is 6. The van der Waals surface area contributed by atoms with Gasteiger partial charge >= 0.3 is 0 Å². The van der Waals surface area contributed by atoms with Crippen LogP contribution in [-0.2, 0) is 23.0 Å². The third-order valence-corrected chi connectivity index (χ3v) is 7.80. The average Bonchev–Trinajstić information content (AvgIpc) is 3.18. The fourth-order valence-corrected chi connectivity index (χ4v) is 5.88. The summed E-state index contributed by atoms with van der Waals surface area (Å²) in [6, 6.07) is 14.3. The molecule has 152 valence electrons. The van der Waals surface area contributed by atoms with Crippen molar-refractivity contribution >= 4 is 21.4 Å². The molecule has 0 radical (unpaired) electrons. The van der Waals surface area contributed by atoms with Crippen molar-refractivity contribution in [2.24, 2.45) is 0 Å². The lowest BCUT2D eigenvalue weighted by Gasteiger charge is -2.25. The van der Waals surface area contributed by atoms with E-state index in [0.717, 1.165) is 26.9 Å². The molecule has 8 heteroatoms. The zero-order chi connectivity index (χ0) is 20.4. The number of ether oxygens (including phenoxy) is 2. The van der Waals surface area contributed by atoms with Crippen molar-refractivity contribution in [3.63, 3.8) is 0 Å². The summed E-state index contributed by atoms with van der Waals surface area (Å²) >= 11 is 1.55. The first-order chi connectivity index (χ1) is 14.0. The van der Waals surface area contributed by atoms with Gasteiger partial charge < -0.3 is 9.47 Å². The van der Waals surface area contributed by atoms with Crippen molar-refractivity contribution in [1.82, 2.24) is 9.29 Å². The molecular weight excluding hydrogens is 408 g/mol. The Labute approximate surface area is 174 Å². The SMILES string of the molecule is CCOc1ccc(S(=O)(=O)N2CCc3nc(-c4ccc(OC)cc4)sc3C2)cc1. The minimum Gasteiger partial charge on any atom is -0.497 e. The van der Waals surface area contributed by atoms with E-state index >= 15 is 0 Å². The molecule has 2 heterocycles. The van der Waals surface area contributed by atoms with Gasteiger partial charge in [0.2, 0.25) is 10.0 Å². The van der Waals surface area contributed by atoms with Crippen LogP contribution in [0.5, 0.6) is 11.5 Å². The Balaban J connectivity index is 1.55. The molecule has 1 aromatic heterocycles. The second-order valence-corrected chi connectivity index (χ2v) is 9.63. The molecule has 0 amide bonds. The minimum absolute atomic E-state index is 0.282. The van der Waals surface area contributed by atoms with Gasteiger partial charge in [-0.15, -0.1) is 11.3 Å². The molecule has 0 unspecified atom stereocenters. The molecule has 3 aromatic rings. The van der Waals surface area contributed by atoms with Crippen molar-refractivity contribution in [3.05, 3.63) is 59.1 Å². The first-order valence-electron chi connectivity index (χ1n) is 9.37. The van der Waals surface area contributed by atoms with Crippen LogP contribution < -0.4 is 9.47 Å². The number of fused-ring (bicyclic) bond motifs is 1. The van der Waals surface area contributed by atoms with Crippen LogP contribution in [0.2, 0.25) is 0 Å². The molecule has 29 heavy (non-hydrogen) atoms. The highest BCUT2D eigenvalue weighted by Gasteiger charge is 2.30. The predicted molar refractivity (Wildman–Crippen MR) is 113 cm³/mol. The Morgan fingerprint density at radius 2 is 1.76 bits per heavy atom. The topological polar surface area (TPSA) is 68.7 Å². The highest BCUT2D eigenvalue weighted by Crippen LogP contribution is 2.34. The molecular formula is C21H22N2O4S2. The fourth-order valence-electron chi connectivity index (χ4n) is 3.26. The fraction of sp³-hybridized carbons (Fsp3) is 0.286. The van der Waals surface area contributed by atoms with Crippen LogP contribution in [-0.4, -0.2) is 38.0 Å². The Hall–Kier alpha value is -2.42. The monoisotopic (exact) mass is 430 g/mol. The van der Waals surface area contributed by atoms with E-state index in [9.17, 15) is 8.42 Å². The third-order valence-electron chi connectivity index (χ3n) is 4.81.